The topological polar surface area (TPSA) is 47.0 Å². The first-order valence-electron chi connectivity index (χ1n) is 7.12. The molecule has 0 spiro atoms. The second kappa shape index (κ2) is 6.33. The molecule has 20 heavy (non-hydrogen) atoms. The Kier molecular flexibility index (Phi) is 4.28. The number of benzene rings is 1. The lowest BCUT2D eigenvalue weighted by Crippen LogP contribution is -2.20. The molecule has 1 atom stereocenters. The Morgan fingerprint density at radius 1 is 1.45 bits per heavy atom. The maximum Gasteiger partial charge on any atom is 0.122 e. The quantitative estimate of drug-likeness (QED) is 0.888. The van der Waals surface area contributed by atoms with Crippen LogP contribution in [0.4, 0.5) is 0 Å². The van der Waals surface area contributed by atoms with Crippen molar-refractivity contribution in [3.05, 3.63) is 40.4 Å². The molecule has 2 heterocycles. The summed E-state index contributed by atoms with van der Waals surface area (Å²) < 4.78 is 9.51. The Bertz CT molecular complexity index is 556. The van der Waals surface area contributed by atoms with Crippen molar-refractivity contribution in [1.29, 1.82) is 0 Å². The minimum absolute atomic E-state index is 0.351. The molecule has 3 rings (SSSR count). The van der Waals surface area contributed by atoms with Gasteiger partial charge in [-0.25, -0.2) is 0 Å². The Hall–Kier alpha value is -1.46. The fourth-order valence-electron chi connectivity index (χ4n) is 2.63. The average molecular weight is 289 g/mol. The number of fused-ring (bicyclic) bond motifs is 1. The van der Waals surface area contributed by atoms with Crippen molar-refractivity contribution >= 4 is 11.5 Å². The van der Waals surface area contributed by atoms with Crippen LogP contribution in [0.1, 0.15) is 35.4 Å². The third-order valence-corrected chi connectivity index (χ3v) is 4.42. The predicted molar refractivity (Wildman–Crippen MR) is 80.3 cm³/mol. The molecule has 1 aromatic carbocycles. The molecular formula is C15H19N3OS. The van der Waals surface area contributed by atoms with Crippen LogP contribution in [-0.4, -0.2) is 22.7 Å². The molecule has 5 heteroatoms. The molecule has 1 unspecified atom stereocenters. The lowest BCUT2D eigenvalue weighted by Gasteiger charge is -2.15. The molecule has 0 saturated carbocycles. The highest BCUT2D eigenvalue weighted by molar-refractivity contribution is 7.05. The van der Waals surface area contributed by atoms with E-state index in [0.717, 1.165) is 38.2 Å². The summed E-state index contributed by atoms with van der Waals surface area (Å²) in [4.78, 5) is 1.22. The minimum atomic E-state index is 0.351. The van der Waals surface area contributed by atoms with E-state index in [9.17, 15) is 0 Å². The Labute approximate surface area is 123 Å². The summed E-state index contributed by atoms with van der Waals surface area (Å²) in [5, 5.41) is 7.45. The SMILES string of the molecule is CCNC(CCc1ccc2c(c1)CCO2)c1cnns1. The van der Waals surface area contributed by atoms with Gasteiger partial charge in [-0.3, -0.25) is 0 Å². The van der Waals surface area contributed by atoms with Crippen molar-refractivity contribution in [1.82, 2.24) is 14.9 Å². The van der Waals surface area contributed by atoms with E-state index >= 15 is 0 Å². The third kappa shape index (κ3) is 2.99. The molecule has 0 saturated heterocycles. The summed E-state index contributed by atoms with van der Waals surface area (Å²) in [7, 11) is 0. The number of ether oxygens (including phenoxy) is 1. The van der Waals surface area contributed by atoms with Gasteiger partial charge in [-0.05, 0) is 48.1 Å². The molecule has 0 aliphatic carbocycles. The van der Waals surface area contributed by atoms with Gasteiger partial charge in [0.25, 0.3) is 0 Å². The molecule has 106 valence electrons. The van der Waals surface area contributed by atoms with Gasteiger partial charge in [0.2, 0.25) is 0 Å². The van der Waals surface area contributed by atoms with Gasteiger partial charge in [-0.15, -0.1) is 5.10 Å². The zero-order valence-corrected chi connectivity index (χ0v) is 12.4. The van der Waals surface area contributed by atoms with Crippen LogP contribution in [0, 0.1) is 0 Å². The van der Waals surface area contributed by atoms with Crippen molar-refractivity contribution in [3.8, 4) is 5.75 Å². The number of nitrogens with one attached hydrogen (secondary N) is 1. The van der Waals surface area contributed by atoms with Gasteiger partial charge in [0, 0.05) is 12.5 Å². The van der Waals surface area contributed by atoms with E-state index in [4.69, 9.17) is 4.74 Å². The fourth-order valence-corrected chi connectivity index (χ4v) is 3.24. The summed E-state index contributed by atoms with van der Waals surface area (Å²) in [5.74, 6) is 1.06. The van der Waals surface area contributed by atoms with Crippen molar-refractivity contribution in [3.63, 3.8) is 0 Å². The molecule has 1 N–H and O–H groups in total. The summed E-state index contributed by atoms with van der Waals surface area (Å²) in [6.45, 7) is 3.92. The van der Waals surface area contributed by atoms with Crippen LogP contribution in [0.2, 0.25) is 0 Å². The van der Waals surface area contributed by atoms with Crippen molar-refractivity contribution in [2.75, 3.05) is 13.2 Å². The van der Waals surface area contributed by atoms with Crippen LogP contribution in [0.25, 0.3) is 0 Å². The van der Waals surface area contributed by atoms with Gasteiger partial charge in [0.05, 0.1) is 17.7 Å². The van der Waals surface area contributed by atoms with Crippen molar-refractivity contribution < 1.29 is 4.74 Å². The van der Waals surface area contributed by atoms with E-state index in [1.165, 1.54) is 27.5 Å². The molecule has 2 aromatic rings. The van der Waals surface area contributed by atoms with Gasteiger partial charge in [-0.1, -0.05) is 23.5 Å². The molecule has 0 radical (unpaired) electrons. The molecular weight excluding hydrogens is 270 g/mol. The minimum Gasteiger partial charge on any atom is -0.493 e. The van der Waals surface area contributed by atoms with E-state index in [2.05, 4.69) is 40.0 Å². The lowest BCUT2D eigenvalue weighted by atomic mass is 10.0. The monoisotopic (exact) mass is 289 g/mol. The first-order chi connectivity index (χ1) is 9.86. The Morgan fingerprint density at radius 3 is 3.20 bits per heavy atom. The predicted octanol–water partition coefficient (Wildman–Crippen LogP) is 2.76. The summed E-state index contributed by atoms with van der Waals surface area (Å²) >= 11 is 1.48. The largest absolute Gasteiger partial charge is 0.493 e. The molecule has 0 amide bonds. The standard InChI is InChI=1S/C15H19N3OS/c1-2-16-13(15-10-17-18-20-15)5-3-11-4-6-14-12(9-11)7-8-19-14/h4,6,9-10,13,16H,2-3,5,7-8H2,1H3. The van der Waals surface area contributed by atoms with Crippen LogP contribution in [0.5, 0.6) is 5.75 Å². The first kappa shape index (κ1) is 13.5. The van der Waals surface area contributed by atoms with Gasteiger partial charge in [0.1, 0.15) is 5.75 Å². The van der Waals surface area contributed by atoms with Gasteiger partial charge < -0.3 is 10.1 Å². The Balaban J connectivity index is 1.65. The van der Waals surface area contributed by atoms with E-state index in [1.807, 2.05) is 6.20 Å². The van der Waals surface area contributed by atoms with Gasteiger partial charge >= 0.3 is 0 Å². The third-order valence-electron chi connectivity index (χ3n) is 3.65. The zero-order valence-electron chi connectivity index (χ0n) is 11.6. The van der Waals surface area contributed by atoms with Crippen LogP contribution in [0.15, 0.2) is 24.4 Å². The van der Waals surface area contributed by atoms with Crippen molar-refractivity contribution in [2.24, 2.45) is 0 Å². The van der Waals surface area contributed by atoms with Crippen molar-refractivity contribution in [2.45, 2.75) is 32.2 Å². The smallest absolute Gasteiger partial charge is 0.122 e. The number of aryl methyl sites for hydroxylation is 1. The molecule has 0 fully saturated rings. The average Bonchev–Trinajstić information content (AvgIpc) is 3.13. The number of hydrogen-bond acceptors (Lipinski definition) is 5. The Morgan fingerprint density at radius 2 is 2.40 bits per heavy atom. The number of nitrogens with zero attached hydrogens (tertiary/aromatic N) is 2. The van der Waals surface area contributed by atoms with Crippen LogP contribution < -0.4 is 10.1 Å². The number of rotatable bonds is 6. The molecule has 4 nitrogen and oxygen atoms in total. The highest BCUT2D eigenvalue weighted by Crippen LogP contribution is 2.27. The maximum absolute atomic E-state index is 5.55. The fraction of sp³-hybridized carbons (Fsp3) is 0.467. The number of hydrogen-bond donors (Lipinski definition) is 1. The lowest BCUT2D eigenvalue weighted by molar-refractivity contribution is 0.357. The van der Waals surface area contributed by atoms with E-state index in [1.54, 1.807) is 0 Å². The van der Waals surface area contributed by atoms with Crippen LogP contribution >= 0.6 is 11.5 Å². The summed E-state index contributed by atoms with van der Waals surface area (Å²) in [5.41, 5.74) is 2.73. The molecule has 1 aromatic heterocycles. The molecule has 0 bridgehead atoms. The van der Waals surface area contributed by atoms with Crippen LogP contribution in [0.3, 0.4) is 0 Å². The van der Waals surface area contributed by atoms with Gasteiger partial charge in [-0.2, -0.15) is 0 Å². The summed E-state index contributed by atoms with van der Waals surface area (Å²) in [6.07, 6.45) is 5.04. The molecule has 1 aliphatic rings. The van der Waals surface area contributed by atoms with E-state index in [0.29, 0.717) is 6.04 Å². The number of aromatic nitrogens is 2. The van der Waals surface area contributed by atoms with Crippen LogP contribution in [-0.2, 0) is 12.8 Å². The second-order valence-electron chi connectivity index (χ2n) is 5.01. The highest BCUT2D eigenvalue weighted by atomic mass is 32.1. The highest BCUT2D eigenvalue weighted by Gasteiger charge is 2.15. The second-order valence-corrected chi connectivity index (χ2v) is 5.83. The maximum atomic E-state index is 5.55. The van der Waals surface area contributed by atoms with E-state index in [-0.39, 0.29) is 0 Å². The normalized spacial score (nSPS) is 14.8. The van der Waals surface area contributed by atoms with Gasteiger partial charge in [0.15, 0.2) is 0 Å². The summed E-state index contributed by atoms with van der Waals surface area (Å²) in [6, 6.07) is 6.92. The zero-order chi connectivity index (χ0) is 13.8. The molecule has 1 aliphatic heterocycles. The first-order valence-corrected chi connectivity index (χ1v) is 7.89. The van der Waals surface area contributed by atoms with E-state index < -0.39 is 0 Å².